The highest BCUT2D eigenvalue weighted by Gasteiger charge is 2.06. The third-order valence-electron chi connectivity index (χ3n) is 3.20. The molecule has 0 aromatic rings. The lowest BCUT2D eigenvalue weighted by molar-refractivity contribution is 0.626. The normalized spacial score (nSPS) is 22.4. The van der Waals surface area contributed by atoms with Crippen molar-refractivity contribution in [2.45, 2.75) is 44.9 Å². The van der Waals surface area contributed by atoms with Crippen LogP contribution in [0.2, 0.25) is 0 Å². The molecule has 15 heavy (non-hydrogen) atoms. The second-order valence-corrected chi connectivity index (χ2v) is 4.39. The Hall–Kier alpha value is -1.04. The Balaban J connectivity index is 2.09. The molecule has 0 unspecified atom stereocenters. The first-order valence-electron chi connectivity index (χ1n) is 6.18. The predicted octanol–water partition coefficient (Wildman–Crippen LogP) is 4.71. The van der Waals surface area contributed by atoms with Gasteiger partial charge in [-0.15, -0.1) is 0 Å². The molecule has 0 radical (unpaired) electrons. The van der Waals surface area contributed by atoms with Gasteiger partial charge < -0.3 is 0 Å². The summed E-state index contributed by atoms with van der Waals surface area (Å²) >= 11 is 0. The highest BCUT2D eigenvalue weighted by molar-refractivity contribution is 5.38. The van der Waals surface area contributed by atoms with Gasteiger partial charge in [0, 0.05) is 0 Å². The summed E-state index contributed by atoms with van der Waals surface area (Å²) in [4.78, 5) is 0. The fourth-order valence-corrected chi connectivity index (χ4v) is 2.30. The predicted molar refractivity (Wildman–Crippen MR) is 66.8 cm³/mol. The molecule has 0 heteroatoms. The van der Waals surface area contributed by atoms with E-state index in [0.29, 0.717) is 0 Å². The number of hydrogen-bond donors (Lipinski definition) is 0. The molecule has 0 saturated carbocycles. The van der Waals surface area contributed by atoms with Gasteiger partial charge in [0.05, 0.1) is 0 Å². The first kappa shape index (κ1) is 10.5. The van der Waals surface area contributed by atoms with Gasteiger partial charge in [-0.3, -0.25) is 0 Å². The standard InChI is InChI=1S/C15H20/c1-2-6-10-14(11-7-3-1)15-12-8-4-5-9-13-15/h4-5,8-10,12H,1-3,6-7,11,13H2. The lowest BCUT2D eigenvalue weighted by atomic mass is 9.93. The molecule has 2 aliphatic rings. The Kier molecular flexibility index (Phi) is 4.01. The van der Waals surface area contributed by atoms with E-state index in [2.05, 4.69) is 36.5 Å². The summed E-state index contributed by atoms with van der Waals surface area (Å²) in [6.45, 7) is 0. The molecule has 0 spiro atoms. The van der Waals surface area contributed by atoms with Gasteiger partial charge in [-0.2, -0.15) is 0 Å². The van der Waals surface area contributed by atoms with Gasteiger partial charge in [-0.05, 0) is 43.3 Å². The van der Waals surface area contributed by atoms with Crippen molar-refractivity contribution in [3.63, 3.8) is 0 Å². The molecule has 0 N–H and O–H groups in total. The molecule has 0 aromatic carbocycles. The summed E-state index contributed by atoms with van der Waals surface area (Å²) < 4.78 is 0. The summed E-state index contributed by atoms with van der Waals surface area (Å²) in [5.74, 6) is 0. The summed E-state index contributed by atoms with van der Waals surface area (Å²) in [6, 6.07) is 0. The first-order chi connectivity index (χ1) is 7.47. The largest absolute Gasteiger partial charge is 0.0810 e. The molecular formula is C15H20. The average Bonchev–Trinajstić information content (AvgIpc) is 2.45. The van der Waals surface area contributed by atoms with E-state index in [-0.39, 0.29) is 0 Å². The average molecular weight is 200 g/mol. The van der Waals surface area contributed by atoms with Crippen LogP contribution in [0.4, 0.5) is 0 Å². The second kappa shape index (κ2) is 5.75. The van der Waals surface area contributed by atoms with Crippen molar-refractivity contribution >= 4 is 0 Å². The molecule has 0 heterocycles. The SMILES string of the molecule is C1=CC=C(C2=CCCCCCC2)CC=C1. The minimum atomic E-state index is 1.11. The smallest absolute Gasteiger partial charge is 0.00917 e. The first-order valence-corrected chi connectivity index (χ1v) is 6.18. The van der Waals surface area contributed by atoms with Gasteiger partial charge in [0.2, 0.25) is 0 Å². The van der Waals surface area contributed by atoms with E-state index >= 15 is 0 Å². The van der Waals surface area contributed by atoms with Crippen LogP contribution in [0.3, 0.4) is 0 Å². The molecule has 0 bridgehead atoms. The summed E-state index contributed by atoms with van der Waals surface area (Å²) in [6.07, 6.45) is 22.7. The van der Waals surface area contributed by atoms with Gasteiger partial charge >= 0.3 is 0 Å². The van der Waals surface area contributed by atoms with Crippen molar-refractivity contribution in [2.24, 2.45) is 0 Å². The minimum absolute atomic E-state index is 1.11. The lowest BCUT2D eigenvalue weighted by Crippen LogP contribution is -1.93. The molecule has 0 saturated heterocycles. The van der Waals surface area contributed by atoms with Crippen LogP contribution in [0.5, 0.6) is 0 Å². The lowest BCUT2D eigenvalue weighted by Gasteiger charge is -2.13. The Morgan fingerprint density at radius 3 is 2.73 bits per heavy atom. The van der Waals surface area contributed by atoms with Crippen LogP contribution in [0.1, 0.15) is 44.9 Å². The maximum Gasteiger partial charge on any atom is -0.00917 e. The van der Waals surface area contributed by atoms with Crippen molar-refractivity contribution in [2.75, 3.05) is 0 Å². The maximum atomic E-state index is 2.47. The zero-order chi connectivity index (χ0) is 10.3. The summed E-state index contributed by atoms with van der Waals surface area (Å²) in [7, 11) is 0. The van der Waals surface area contributed by atoms with E-state index < -0.39 is 0 Å². The van der Waals surface area contributed by atoms with Gasteiger partial charge in [0.1, 0.15) is 0 Å². The topological polar surface area (TPSA) is 0 Å². The maximum absolute atomic E-state index is 2.47. The van der Waals surface area contributed by atoms with Crippen molar-refractivity contribution < 1.29 is 0 Å². The van der Waals surface area contributed by atoms with Crippen molar-refractivity contribution in [3.8, 4) is 0 Å². The number of hydrogen-bond acceptors (Lipinski definition) is 0. The summed E-state index contributed by atoms with van der Waals surface area (Å²) in [5, 5.41) is 0. The number of rotatable bonds is 1. The molecule has 0 fully saturated rings. The van der Waals surface area contributed by atoms with Crippen molar-refractivity contribution in [1.82, 2.24) is 0 Å². The quantitative estimate of drug-likeness (QED) is 0.575. The summed E-state index contributed by atoms with van der Waals surface area (Å²) in [5.41, 5.74) is 3.13. The Morgan fingerprint density at radius 1 is 0.800 bits per heavy atom. The van der Waals surface area contributed by atoms with Crippen LogP contribution in [0, 0.1) is 0 Å². The third kappa shape index (κ3) is 3.23. The van der Waals surface area contributed by atoms with E-state index in [1.807, 2.05) is 0 Å². The van der Waals surface area contributed by atoms with E-state index in [1.54, 1.807) is 5.57 Å². The third-order valence-corrected chi connectivity index (χ3v) is 3.20. The fraction of sp³-hybridized carbons (Fsp3) is 0.467. The van der Waals surface area contributed by atoms with Crippen LogP contribution in [-0.4, -0.2) is 0 Å². The second-order valence-electron chi connectivity index (χ2n) is 4.39. The van der Waals surface area contributed by atoms with Gasteiger partial charge in [0.15, 0.2) is 0 Å². The monoisotopic (exact) mass is 200 g/mol. The van der Waals surface area contributed by atoms with E-state index in [1.165, 1.54) is 44.1 Å². The van der Waals surface area contributed by atoms with Crippen LogP contribution in [0.25, 0.3) is 0 Å². The molecule has 0 nitrogen and oxygen atoms in total. The van der Waals surface area contributed by atoms with Crippen molar-refractivity contribution in [1.29, 1.82) is 0 Å². The van der Waals surface area contributed by atoms with Crippen LogP contribution < -0.4 is 0 Å². The Bertz CT molecular complexity index is 313. The van der Waals surface area contributed by atoms with E-state index in [4.69, 9.17) is 0 Å². The van der Waals surface area contributed by atoms with Gasteiger partial charge in [-0.25, -0.2) is 0 Å². The molecule has 2 aliphatic carbocycles. The molecule has 0 amide bonds. The van der Waals surface area contributed by atoms with Crippen molar-refractivity contribution in [3.05, 3.63) is 47.6 Å². The zero-order valence-electron chi connectivity index (χ0n) is 9.41. The minimum Gasteiger partial charge on any atom is -0.0810 e. The molecule has 0 aromatic heterocycles. The van der Waals surface area contributed by atoms with Gasteiger partial charge in [-0.1, -0.05) is 49.3 Å². The Morgan fingerprint density at radius 2 is 1.73 bits per heavy atom. The highest BCUT2D eigenvalue weighted by Crippen LogP contribution is 2.25. The van der Waals surface area contributed by atoms with Crippen LogP contribution in [0.15, 0.2) is 47.6 Å². The van der Waals surface area contributed by atoms with Crippen LogP contribution in [-0.2, 0) is 0 Å². The van der Waals surface area contributed by atoms with E-state index in [9.17, 15) is 0 Å². The highest BCUT2D eigenvalue weighted by atomic mass is 14.1. The molecule has 0 atom stereocenters. The molecule has 2 rings (SSSR count). The molecular weight excluding hydrogens is 180 g/mol. The van der Waals surface area contributed by atoms with E-state index in [0.717, 1.165) is 6.42 Å². The number of allylic oxidation sites excluding steroid dienone is 8. The Labute approximate surface area is 93.1 Å². The molecule has 80 valence electrons. The molecule has 0 aliphatic heterocycles. The fourth-order valence-electron chi connectivity index (χ4n) is 2.30. The van der Waals surface area contributed by atoms with Crippen LogP contribution >= 0.6 is 0 Å². The van der Waals surface area contributed by atoms with Gasteiger partial charge in [0.25, 0.3) is 0 Å². The zero-order valence-corrected chi connectivity index (χ0v) is 9.41.